The molecule has 174 valence electrons. The molecule has 0 amide bonds. The van der Waals surface area contributed by atoms with Gasteiger partial charge in [0.2, 0.25) is 0 Å². The Morgan fingerprint density at radius 1 is 0.848 bits per heavy atom. The fourth-order valence-electron chi connectivity index (χ4n) is 3.15. The number of rotatable bonds is 9. The van der Waals surface area contributed by atoms with E-state index in [1.165, 1.54) is 12.1 Å². The summed E-state index contributed by atoms with van der Waals surface area (Å²) in [7, 11) is 0. The summed E-state index contributed by atoms with van der Waals surface area (Å²) < 4.78 is 26.9. The number of hydrogen-bond donors (Lipinski definition) is 1. The van der Waals surface area contributed by atoms with E-state index in [0.717, 1.165) is 6.92 Å². The molecule has 1 aliphatic heterocycles. The largest absolute Gasteiger partial charge is 0.480 e. The minimum atomic E-state index is -1.36. The van der Waals surface area contributed by atoms with Crippen LogP contribution in [0.5, 0.6) is 0 Å². The molecule has 0 bridgehead atoms. The van der Waals surface area contributed by atoms with Crippen molar-refractivity contribution >= 4 is 23.9 Å². The number of carbonyl (C=O) groups is 4. The maximum atomic E-state index is 12.6. The third kappa shape index (κ3) is 6.61. The third-order valence-corrected chi connectivity index (χ3v) is 4.58. The van der Waals surface area contributed by atoms with Gasteiger partial charge < -0.3 is 28.8 Å². The van der Waals surface area contributed by atoms with Crippen LogP contribution in [0.4, 0.5) is 0 Å². The van der Waals surface area contributed by atoms with Crippen molar-refractivity contribution in [3.8, 4) is 0 Å². The molecule has 33 heavy (non-hydrogen) atoms. The Labute approximate surface area is 189 Å². The van der Waals surface area contributed by atoms with E-state index in [9.17, 15) is 19.2 Å². The van der Waals surface area contributed by atoms with Crippen molar-refractivity contribution in [2.24, 2.45) is 0 Å². The van der Waals surface area contributed by atoms with E-state index in [2.05, 4.69) is 0 Å². The van der Waals surface area contributed by atoms with Gasteiger partial charge in [0.1, 0.15) is 19.3 Å². The predicted octanol–water partition coefficient (Wildman–Crippen LogP) is 1.83. The molecule has 0 radical (unpaired) electrons. The van der Waals surface area contributed by atoms with E-state index in [4.69, 9.17) is 28.8 Å². The average molecular weight is 458 g/mol. The first-order valence-electron chi connectivity index (χ1n) is 9.99. The number of aliphatic carboxylic acids is 1. The summed E-state index contributed by atoms with van der Waals surface area (Å²) in [5.74, 6) is -3.39. The van der Waals surface area contributed by atoms with Crippen LogP contribution in [0.1, 0.15) is 27.6 Å². The molecule has 10 heteroatoms. The Hall–Kier alpha value is -3.76. The van der Waals surface area contributed by atoms with Crippen molar-refractivity contribution in [1.82, 2.24) is 0 Å². The molecule has 1 saturated heterocycles. The van der Waals surface area contributed by atoms with Crippen molar-refractivity contribution in [2.75, 3.05) is 13.2 Å². The van der Waals surface area contributed by atoms with Gasteiger partial charge >= 0.3 is 23.9 Å². The minimum absolute atomic E-state index is 0.231. The van der Waals surface area contributed by atoms with Gasteiger partial charge in [0.15, 0.2) is 18.5 Å². The van der Waals surface area contributed by atoms with Gasteiger partial charge in [-0.1, -0.05) is 36.4 Å². The molecule has 1 N–H and O–H groups in total. The van der Waals surface area contributed by atoms with E-state index in [-0.39, 0.29) is 12.2 Å². The van der Waals surface area contributed by atoms with E-state index in [0.29, 0.717) is 5.56 Å². The quantitative estimate of drug-likeness (QED) is 0.438. The zero-order chi connectivity index (χ0) is 23.8. The zero-order valence-electron chi connectivity index (χ0n) is 17.6. The van der Waals surface area contributed by atoms with Crippen LogP contribution in [0, 0.1) is 0 Å². The van der Waals surface area contributed by atoms with E-state index < -0.39 is 55.1 Å². The molecule has 10 nitrogen and oxygen atoms in total. The van der Waals surface area contributed by atoms with Gasteiger partial charge in [-0.3, -0.25) is 4.79 Å². The SMILES string of the molecule is CC(=O)O[C@H]1[C@@H](OCC(=O)O)O[C@H](COC(=O)c2ccccc2)[C@H]1OC(=O)c1ccccc1. The van der Waals surface area contributed by atoms with Gasteiger partial charge in [0, 0.05) is 6.92 Å². The molecule has 0 aromatic heterocycles. The Morgan fingerprint density at radius 2 is 1.42 bits per heavy atom. The summed E-state index contributed by atoms with van der Waals surface area (Å²) in [6.07, 6.45) is -4.97. The number of ether oxygens (including phenoxy) is 5. The molecular formula is C23H22O10. The lowest BCUT2D eigenvalue weighted by molar-refractivity contribution is -0.193. The standard InChI is InChI=1S/C23H22O10/c1-14(24)31-20-19(33-22(28)16-10-6-3-7-11-16)17(32-23(20)30-13-18(25)26)12-29-21(27)15-8-4-2-5-9-15/h2-11,17,19-20,23H,12-13H2,1H3,(H,25,26)/t17-,19-,20-,23+/m1/s1. The number of carbonyl (C=O) groups excluding carboxylic acids is 3. The van der Waals surface area contributed by atoms with E-state index in [1.54, 1.807) is 48.5 Å². The van der Waals surface area contributed by atoms with Crippen LogP contribution < -0.4 is 0 Å². The third-order valence-electron chi connectivity index (χ3n) is 4.58. The summed E-state index contributed by atoms with van der Waals surface area (Å²) in [6, 6.07) is 16.3. The molecule has 0 unspecified atom stereocenters. The van der Waals surface area contributed by atoms with Crippen LogP contribution in [-0.2, 0) is 33.3 Å². The number of carboxylic acids is 1. The maximum Gasteiger partial charge on any atom is 0.338 e. The van der Waals surface area contributed by atoms with Crippen LogP contribution in [0.25, 0.3) is 0 Å². The van der Waals surface area contributed by atoms with Gasteiger partial charge in [-0.15, -0.1) is 0 Å². The Balaban J connectivity index is 1.79. The van der Waals surface area contributed by atoms with Gasteiger partial charge in [-0.25, -0.2) is 14.4 Å². The number of hydrogen-bond acceptors (Lipinski definition) is 9. The smallest absolute Gasteiger partial charge is 0.338 e. The van der Waals surface area contributed by atoms with Crippen molar-refractivity contribution in [1.29, 1.82) is 0 Å². The fraction of sp³-hybridized carbons (Fsp3) is 0.304. The molecule has 1 fully saturated rings. The highest BCUT2D eigenvalue weighted by Gasteiger charge is 2.51. The molecule has 0 spiro atoms. The average Bonchev–Trinajstić information content (AvgIpc) is 3.12. The van der Waals surface area contributed by atoms with Crippen molar-refractivity contribution in [3.05, 3.63) is 71.8 Å². The molecule has 0 aliphatic carbocycles. The zero-order valence-corrected chi connectivity index (χ0v) is 17.6. The number of esters is 3. The number of benzene rings is 2. The summed E-state index contributed by atoms with van der Waals surface area (Å²) in [4.78, 5) is 47.6. The van der Waals surface area contributed by atoms with Crippen LogP contribution in [0.15, 0.2) is 60.7 Å². The van der Waals surface area contributed by atoms with Crippen molar-refractivity contribution in [2.45, 2.75) is 31.5 Å². The molecule has 4 atom stereocenters. The predicted molar refractivity (Wildman–Crippen MR) is 110 cm³/mol. The monoisotopic (exact) mass is 458 g/mol. The van der Waals surface area contributed by atoms with E-state index >= 15 is 0 Å². The first kappa shape index (κ1) is 23.9. The molecule has 0 saturated carbocycles. The summed E-state index contributed by atoms with van der Waals surface area (Å²) in [5, 5.41) is 8.93. The Bertz CT molecular complexity index is 975. The van der Waals surface area contributed by atoms with Gasteiger partial charge in [0.05, 0.1) is 11.1 Å². The highest BCUT2D eigenvalue weighted by molar-refractivity contribution is 5.90. The Kier molecular flexibility index (Phi) is 8.11. The van der Waals surface area contributed by atoms with E-state index in [1.807, 2.05) is 0 Å². The molecule has 1 heterocycles. The first-order chi connectivity index (χ1) is 15.8. The second-order valence-corrected chi connectivity index (χ2v) is 7.02. The first-order valence-corrected chi connectivity index (χ1v) is 9.99. The van der Waals surface area contributed by atoms with Crippen molar-refractivity contribution < 1.29 is 48.0 Å². The van der Waals surface area contributed by atoms with Crippen LogP contribution in [-0.4, -0.2) is 66.8 Å². The molecule has 2 aromatic rings. The van der Waals surface area contributed by atoms with Crippen LogP contribution in [0.2, 0.25) is 0 Å². The van der Waals surface area contributed by atoms with Crippen LogP contribution >= 0.6 is 0 Å². The van der Waals surface area contributed by atoms with Crippen LogP contribution in [0.3, 0.4) is 0 Å². The highest BCUT2D eigenvalue weighted by Crippen LogP contribution is 2.29. The summed E-state index contributed by atoms with van der Waals surface area (Å²) >= 11 is 0. The van der Waals surface area contributed by atoms with Gasteiger partial charge in [-0.2, -0.15) is 0 Å². The summed E-state index contributed by atoms with van der Waals surface area (Å²) in [5.41, 5.74) is 0.526. The van der Waals surface area contributed by atoms with Crippen molar-refractivity contribution in [3.63, 3.8) is 0 Å². The highest BCUT2D eigenvalue weighted by atomic mass is 16.7. The molecule has 1 aliphatic rings. The molecular weight excluding hydrogens is 436 g/mol. The second-order valence-electron chi connectivity index (χ2n) is 7.02. The number of carboxylic acid groups (broad SMARTS) is 1. The lowest BCUT2D eigenvalue weighted by Gasteiger charge is -2.23. The minimum Gasteiger partial charge on any atom is -0.480 e. The fourth-order valence-corrected chi connectivity index (χ4v) is 3.15. The lowest BCUT2D eigenvalue weighted by Crippen LogP contribution is -2.42. The molecule has 3 rings (SSSR count). The summed E-state index contributed by atoms with van der Waals surface area (Å²) in [6.45, 7) is 0.0105. The van der Waals surface area contributed by atoms with Gasteiger partial charge in [0.25, 0.3) is 0 Å². The molecule has 2 aromatic carbocycles. The maximum absolute atomic E-state index is 12.6. The normalized spacial score (nSPS) is 21.7. The lowest BCUT2D eigenvalue weighted by atomic mass is 10.1. The second kappa shape index (κ2) is 11.2. The topological polar surface area (TPSA) is 135 Å². The Morgan fingerprint density at radius 3 is 1.97 bits per heavy atom. The van der Waals surface area contributed by atoms with Gasteiger partial charge in [-0.05, 0) is 24.3 Å².